The van der Waals surface area contributed by atoms with Crippen LogP contribution >= 0.6 is 15.9 Å². The molecule has 1 aromatic heterocycles. The number of carbonyl (C=O) groups excluding carboxylic acids is 1. The predicted octanol–water partition coefficient (Wildman–Crippen LogP) is 3.85. The lowest BCUT2D eigenvalue weighted by Crippen LogP contribution is -2.72. The van der Waals surface area contributed by atoms with Gasteiger partial charge < -0.3 is 0 Å². The number of benzene rings is 1. The molecule has 0 fully saturated rings. The Bertz CT molecular complexity index is 763. The average Bonchev–Trinajstić information content (AvgIpc) is 2.55. The van der Waals surface area contributed by atoms with E-state index in [0.717, 1.165) is 17.6 Å². The van der Waals surface area contributed by atoms with E-state index in [1.807, 2.05) is 0 Å². The number of aromatic nitrogens is 1. The number of pyridine rings is 1. The van der Waals surface area contributed by atoms with E-state index >= 15 is 0 Å². The summed E-state index contributed by atoms with van der Waals surface area (Å²) >= 11 is 3.01. The first-order valence-electron chi connectivity index (χ1n) is 7.38. The van der Waals surface area contributed by atoms with E-state index in [-0.39, 0.29) is 5.56 Å². The first-order chi connectivity index (χ1) is 12.4. The van der Waals surface area contributed by atoms with Crippen molar-refractivity contribution >= 4 is 27.7 Å². The van der Waals surface area contributed by atoms with Crippen molar-refractivity contribution in [2.45, 2.75) is 24.4 Å². The van der Waals surface area contributed by atoms with Crippen LogP contribution in [0.2, 0.25) is 0 Å². The molecule has 0 unspecified atom stereocenters. The Balaban J connectivity index is 2.38. The molecule has 0 bridgehead atoms. The minimum absolute atomic E-state index is 0.267. The van der Waals surface area contributed by atoms with Gasteiger partial charge in [0.05, 0.1) is 10.9 Å². The Hall–Kier alpha value is -2.30. The largest absolute Gasteiger partial charge is 0.462 e. The average molecular weight is 457 g/mol. The normalized spacial score (nSPS) is 12.6. The maximum absolute atomic E-state index is 13.5. The topological polar surface area (TPSA) is 55.3 Å². The fourth-order valence-electron chi connectivity index (χ4n) is 2.20. The van der Waals surface area contributed by atoms with Gasteiger partial charge in [0.25, 0.3) is 5.82 Å². The maximum atomic E-state index is 13.5. The van der Waals surface area contributed by atoms with Gasteiger partial charge in [-0.1, -0.05) is 30.3 Å². The monoisotopic (exact) mass is 456 g/mol. The molecule has 0 aliphatic heterocycles. The number of nitrogens with one attached hydrogen (secondary N) is 3. The molecule has 2 aromatic rings. The highest BCUT2D eigenvalue weighted by molar-refractivity contribution is 9.10. The van der Waals surface area contributed by atoms with Crippen molar-refractivity contribution in [2.24, 2.45) is 0 Å². The number of aromatic amines is 1. The Morgan fingerprint density at radius 1 is 0.963 bits per heavy atom. The van der Waals surface area contributed by atoms with Gasteiger partial charge in [-0.25, -0.2) is 10.3 Å². The summed E-state index contributed by atoms with van der Waals surface area (Å²) in [5.41, 5.74) is -4.40. The Kier molecular flexibility index (Phi) is 6.03. The Morgan fingerprint density at radius 2 is 1.56 bits per heavy atom. The van der Waals surface area contributed by atoms with Crippen molar-refractivity contribution < 1.29 is 36.1 Å². The predicted molar refractivity (Wildman–Crippen MR) is 87.5 cm³/mol. The van der Waals surface area contributed by atoms with E-state index in [1.165, 1.54) is 35.6 Å². The highest BCUT2D eigenvalue weighted by atomic mass is 79.9. The van der Waals surface area contributed by atoms with Crippen molar-refractivity contribution in [3.8, 4) is 0 Å². The zero-order chi connectivity index (χ0) is 20.3. The van der Waals surface area contributed by atoms with Crippen molar-refractivity contribution in [2.75, 3.05) is 5.32 Å². The number of amides is 1. The number of hydrogen-bond acceptors (Lipinski definition) is 2. The van der Waals surface area contributed by atoms with Crippen molar-refractivity contribution in [1.29, 1.82) is 0 Å². The molecule has 146 valence electrons. The first-order valence-corrected chi connectivity index (χ1v) is 8.18. The lowest BCUT2D eigenvalue weighted by molar-refractivity contribution is -0.368. The molecule has 2 rings (SSSR count). The second kappa shape index (κ2) is 7.75. The molecule has 0 radical (unpaired) electrons. The molecular weight excluding hydrogens is 444 g/mol. The van der Waals surface area contributed by atoms with Crippen LogP contribution in [0.25, 0.3) is 0 Å². The molecule has 3 N–H and O–H groups in total. The smallest absolute Gasteiger partial charge is 0.300 e. The van der Waals surface area contributed by atoms with Crippen LogP contribution in [0.4, 0.5) is 32.2 Å². The van der Waals surface area contributed by atoms with Gasteiger partial charge in [-0.15, -0.1) is 0 Å². The summed E-state index contributed by atoms with van der Waals surface area (Å²) in [6.45, 7) is 0. The number of anilines is 1. The fourth-order valence-corrected chi connectivity index (χ4v) is 2.44. The molecule has 11 heteroatoms. The number of hydrogen-bond donors (Lipinski definition) is 2. The van der Waals surface area contributed by atoms with Gasteiger partial charge in [-0.2, -0.15) is 26.3 Å². The van der Waals surface area contributed by atoms with Crippen LogP contribution in [0.1, 0.15) is 5.56 Å². The van der Waals surface area contributed by atoms with Crippen molar-refractivity contribution in [3.63, 3.8) is 0 Å². The Morgan fingerprint density at radius 3 is 2.04 bits per heavy atom. The van der Waals surface area contributed by atoms with Gasteiger partial charge in [-0.3, -0.25) is 10.1 Å². The quantitative estimate of drug-likeness (QED) is 0.530. The summed E-state index contributed by atoms with van der Waals surface area (Å²) in [6.07, 6.45) is -11.3. The summed E-state index contributed by atoms with van der Waals surface area (Å²) in [5, 5.41) is 2.45. The van der Waals surface area contributed by atoms with Crippen LogP contribution in [0, 0.1) is 0 Å². The zero-order valence-corrected chi connectivity index (χ0v) is 15.0. The molecule has 1 aromatic carbocycles. The van der Waals surface area contributed by atoms with Crippen LogP contribution < -0.4 is 15.6 Å². The first kappa shape index (κ1) is 21.0. The molecule has 0 atom stereocenters. The van der Waals surface area contributed by atoms with E-state index in [4.69, 9.17) is 0 Å². The third kappa shape index (κ3) is 4.90. The molecule has 0 saturated heterocycles. The summed E-state index contributed by atoms with van der Waals surface area (Å²) in [5.74, 6) is -2.03. The SMILES string of the molecule is O=C(Cc1ccccc1)NC(Nc1ccc(Br)c[nH+]1)(C(F)(F)F)C(F)(F)F. The van der Waals surface area contributed by atoms with E-state index in [0.29, 0.717) is 4.47 Å². The molecule has 0 saturated carbocycles. The number of rotatable bonds is 5. The highest BCUT2D eigenvalue weighted by Crippen LogP contribution is 2.43. The molecule has 0 spiro atoms. The molecular formula is C16H13BrF6N3O+. The second-order valence-electron chi connectivity index (χ2n) is 5.50. The van der Waals surface area contributed by atoms with Crippen LogP contribution in [0.15, 0.2) is 53.1 Å². The van der Waals surface area contributed by atoms with Gasteiger partial charge in [0.2, 0.25) is 5.91 Å². The summed E-state index contributed by atoms with van der Waals surface area (Å²) < 4.78 is 81.5. The lowest BCUT2D eigenvalue weighted by atomic mass is 10.1. The van der Waals surface area contributed by atoms with Gasteiger partial charge in [0, 0.05) is 6.07 Å². The van der Waals surface area contributed by atoms with Gasteiger partial charge >= 0.3 is 18.0 Å². The number of H-pyrrole nitrogens is 1. The number of alkyl halides is 6. The second-order valence-corrected chi connectivity index (χ2v) is 6.42. The third-order valence-corrected chi connectivity index (χ3v) is 3.98. The Labute approximate surface area is 158 Å². The fraction of sp³-hybridized carbons (Fsp3) is 0.250. The molecule has 27 heavy (non-hydrogen) atoms. The summed E-state index contributed by atoms with van der Waals surface area (Å²) in [6, 6.07) is 9.66. The summed E-state index contributed by atoms with van der Waals surface area (Å²) in [4.78, 5) is 14.2. The van der Waals surface area contributed by atoms with E-state index in [2.05, 4.69) is 20.9 Å². The molecule has 1 heterocycles. The van der Waals surface area contributed by atoms with E-state index < -0.39 is 36.2 Å². The van der Waals surface area contributed by atoms with Gasteiger partial charge in [0.1, 0.15) is 6.20 Å². The van der Waals surface area contributed by atoms with Crippen LogP contribution in [0.5, 0.6) is 0 Å². The molecule has 0 aliphatic carbocycles. The van der Waals surface area contributed by atoms with E-state index in [9.17, 15) is 31.1 Å². The number of halogens is 7. The minimum Gasteiger partial charge on any atom is -0.300 e. The minimum atomic E-state index is -5.88. The van der Waals surface area contributed by atoms with Crippen molar-refractivity contribution in [1.82, 2.24) is 5.32 Å². The van der Waals surface area contributed by atoms with Crippen molar-refractivity contribution in [3.05, 3.63) is 58.7 Å². The number of carbonyl (C=O) groups is 1. The molecule has 4 nitrogen and oxygen atoms in total. The lowest BCUT2D eigenvalue weighted by Gasteiger charge is -2.34. The van der Waals surface area contributed by atoms with Gasteiger partial charge in [0.15, 0.2) is 0 Å². The van der Waals surface area contributed by atoms with E-state index in [1.54, 1.807) is 6.07 Å². The van der Waals surface area contributed by atoms with Crippen LogP contribution in [-0.4, -0.2) is 23.9 Å². The molecule has 0 aliphatic rings. The third-order valence-electron chi connectivity index (χ3n) is 3.48. The van der Waals surface area contributed by atoms with Crippen LogP contribution in [-0.2, 0) is 11.2 Å². The highest BCUT2D eigenvalue weighted by Gasteiger charge is 2.76. The van der Waals surface area contributed by atoms with Crippen LogP contribution in [0.3, 0.4) is 0 Å². The standard InChI is InChI=1S/C16H12BrF6N3O/c17-11-6-7-12(24-9-11)25-14(15(18,19)20,16(21,22)23)26-13(27)8-10-4-2-1-3-5-10/h1-7,9H,8H2,(H,24,25)(H,26,27)/p+1. The maximum Gasteiger partial charge on any atom is 0.462 e. The molecule has 1 amide bonds. The zero-order valence-electron chi connectivity index (χ0n) is 13.4. The summed E-state index contributed by atoms with van der Waals surface area (Å²) in [7, 11) is 0. The van der Waals surface area contributed by atoms with Gasteiger partial charge in [-0.05, 0) is 27.6 Å².